The van der Waals surface area contributed by atoms with Crippen LogP contribution in [0.3, 0.4) is 0 Å². The number of hydrogen-bond donors (Lipinski definition) is 1. The predicted molar refractivity (Wildman–Crippen MR) is 111 cm³/mol. The summed E-state index contributed by atoms with van der Waals surface area (Å²) in [5, 5.41) is 9.61. The average Bonchev–Trinajstić information content (AvgIpc) is 3.06. The first-order valence-corrected chi connectivity index (χ1v) is 9.40. The molecular weight excluding hydrogens is 441 g/mol. The van der Waals surface area contributed by atoms with Crippen LogP contribution in [0.2, 0.25) is 0 Å². The molecule has 0 unspecified atom stereocenters. The van der Waals surface area contributed by atoms with Crippen molar-refractivity contribution in [3.8, 4) is 17.6 Å². The van der Waals surface area contributed by atoms with Gasteiger partial charge in [-0.3, -0.25) is 0 Å². The first kappa shape index (κ1) is 18.3. The number of ether oxygens (including phenoxy) is 2. The summed E-state index contributed by atoms with van der Waals surface area (Å²) in [5.41, 5.74) is 3.06. The van der Waals surface area contributed by atoms with E-state index in [4.69, 9.17) is 9.47 Å². The van der Waals surface area contributed by atoms with Crippen LogP contribution in [0.15, 0.2) is 36.4 Å². The number of allylic oxidation sites excluding steroid dienone is 1. The molecule has 0 amide bonds. The molecule has 0 fully saturated rings. The minimum absolute atomic E-state index is 0.462. The highest BCUT2D eigenvalue weighted by atomic mass is 127. The van der Waals surface area contributed by atoms with E-state index >= 15 is 0 Å². The van der Waals surface area contributed by atoms with Crippen molar-refractivity contribution in [3.05, 3.63) is 51.4 Å². The van der Waals surface area contributed by atoms with Crippen LogP contribution in [0.5, 0.6) is 11.5 Å². The lowest BCUT2D eigenvalue weighted by Crippen LogP contribution is -2.01. The number of rotatable bonds is 6. The fourth-order valence-corrected chi connectivity index (χ4v) is 3.40. The Morgan fingerprint density at radius 2 is 2.00 bits per heavy atom. The number of para-hydroxylation sites is 2. The Bertz CT molecular complexity index is 969. The van der Waals surface area contributed by atoms with Gasteiger partial charge in [0.1, 0.15) is 11.9 Å². The maximum absolute atomic E-state index is 9.61. The van der Waals surface area contributed by atoms with E-state index in [1.807, 2.05) is 50.2 Å². The van der Waals surface area contributed by atoms with Gasteiger partial charge in [0.2, 0.25) is 0 Å². The Morgan fingerprint density at radius 1 is 1.23 bits per heavy atom. The molecule has 0 saturated heterocycles. The zero-order valence-electron chi connectivity index (χ0n) is 14.5. The minimum Gasteiger partial charge on any atom is -0.490 e. The Morgan fingerprint density at radius 3 is 2.69 bits per heavy atom. The van der Waals surface area contributed by atoms with Gasteiger partial charge in [0.05, 0.1) is 33.4 Å². The minimum atomic E-state index is 0.462. The van der Waals surface area contributed by atoms with Crippen LogP contribution in [-0.2, 0) is 0 Å². The van der Waals surface area contributed by atoms with Crippen molar-refractivity contribution in [2.45, 2.75) is 13.8 Å². The van der Waals surface area contributed by atoms with Gasteiger partial charge < -0.3 is 14.5 Å². The summed E-state index contributed by atoms with van der Waals surface area (Å²) in [6.45, 7) is 4.97. The normalized spacial score (nSPS) is 11.4. The summed E-state index contributed by atoms with van der Waals surface area (Å²) < 4.78 is 12.3. The van der Waals surface area contributed by atoms with Gasteiger partial charge in [0.25, 0.3) is 0 Å². The highest BCUT2D eigenvalue weighted by molar-refractivity contribution is 14.1. The third-order valence-corrected chi connectivity index (χ3v) is 4.50. The number of benzene rings is 2. The fraction of sp³-hybridized carbons (Fsp3) is 0.200. The van der Waals surface area contributed by atoms with Crippen molar-refractivity contribution in [1.82, 2.24) is 9.97 Å². The van der Waals surface area contributed by atoms with Crippen LogP contribution in [0, 0.1) is 14.9 Å². The van der Waals surface area contributed by atoms with Gasteiger partial charge in [-0.2, -0.15) is 5.26 Å². The SMILES string of the molecule is CCOc1cc(/C=C(/C#N)c2nc3ccccc3[nH]2)cc(I)c1OCC. The maximum atomic E-state index is 9.61. The first-order chi connectivity index (χ1) is 12.7. The van der Waals surface area contributed by atoms with Gasteiger partial charge in [0.15, 0.2) is 11.5 Å². The van der Waals surface area contributed by atoms with Crippen molar-refractivity contribution in [1.29, 1.82) is 5.26 Å². The van der Waals surface area contributed by atoms with Crippen LogP contribution in [0.1, 0.15) is 25.2 Å². The lowest BCUT2D eigenvalue weighted by Gasteiger charge is -2.13. The van der Waals surface area contributed by atoms with Crippen LogP contribution < -0.4 is 9.47 Å². The fourth-order valence-electron chi connectivity index (χ4n) is 2.62. The molecule has 1 N–H and O–H groups in total. The van der Waals surface area contributed by atoms with E-state index in [1.165, 1.54) is 0 Å². The number of imidazole rings is 1. The maximum Gasteiger partial charge on any atom is 0.174 e. The number of aromatic amines is 1. The van der Waals surface area contributed by atoms with E-state index in [0.29, 0.717) is 30.4 Å². The van der Waals surface area contributed by atoms with E-state index < -0.39 is 0 Å². The van der Waals surface area contributed by atoms with Crippen molar-refractivity contribution in [2.75, 3.05) is 13.2 Å². The summed E-state index contributed by atoms with van der Waals surface area (Å²) in [7, 11) is 0. The van der Waals surface area contributed by atoms with E-state index in [9.17, 15) is 5.26 Å². The van der Waals surface area contributed by atoms with Crippen LogP contribution in [0.4, 0.5) is 0 Å². The Kier molecular flexibility index (Phi) is 5.78. The average molecular weight is 459 g/mol. The van der Waals surface area contributed by atoms with Crippen molar-refractivity contribution < 1.29 is 9.47 Å². The van der Waals surface area contributed by atoms with E-state index in [1.54, 1.807) is 6.08 Å². The first-order valence-electron chi connectivity index (χ1n) is 8.32. The van der Waals surface area contributed by atoms with Crippen LogP contribution in [-0.4, -0.2) is 23.2 Å². The van der Waals surface area contributed by atoms with E-state index in [-0.39, 0.29) is 0 Å². The highest BCUT2D eigenvalue weighted by Gasteiger charge is 2.13. The second-order valence-corrected chi connectivity index (χ2v) is 6.63. The van der Waals surface area contributed by atoms with Crippen molar-refractivity contribution in [3.63, 3.8) is 0 Å². The molecule has 1 heterocycles. The Balaban J connectivity index is 2.05. The number of nitrogens with one attached hydrogen (secondary N) is 1. The molecule has 3 rings (SSSR count). The second-order valence-electron chi connectivity index (χ2n) is 5.47. The molecule has 0 aliphatic carbocycles. The molecule has 0 saturated carbocycles. The molecule has 26 heavy (non-hydrogen) atoms. The zero-order chi connectivity index (χ0) is 18.5. The molecule has 6 heteroatoms. The molecule has 0 aliphatic heterocycles. The monoisotopic (exact) mass is 459 g/mol. The quantitative estimate of drug-likeness (QED) is 0.415. The molecule has 132 valence electrons. The Hall–Kier alpha value is -2.53. The summed E-state index contributed by atoms with van der Waals surface area (Å²) in [4.78, 5) is 7.70. The number of aromatic nitrogens is 2. The van der Waals surface area contributed by atoms with E-state index in [2.05, 4.69) is 38.6 Å². The third-order valence-electron chi connectivity index (χ3n) is 3.70. The lowest BCUT2D eigenvalue weighted by atomic mass is 10.1. The number of H-pyrrole nitrogens is 1. The third kappa shape index (κ3) is 3.83. The standard InChI is InChI=1S/C20H18IN3O2/c1-3-25-18-11-13(10-15(21)19(18)26-4-2)9-14(12-22)20-23-16-7-5-6-8-17(16)24-20/h5-11H,3-4H2,1-2H3,(H,23,24)/b14-9-. The number of fused-ring (bicyclic) bond motifs is 1. The van der Waals surface area contributed by atoms with Crippen molar-refractivity contribution in [2.24, 2.45) is 0 Å². The van der Waals surface area contributed by atoms with E-state index in [0.717, 1.165) is 25.9 Å². The van der Waals surface area contributed by atoms with Gasteiger partial charge in [-0.1, -0.05) is 12.1 Å². The smallest absolute Gasteiger partial charge is 0.174 e. The van der Waals surface area contributed by atoms with Gasteiger partial charge in [-0.05, 0) is 72.3 Å². The molecule has 2 aromatic carbocycles. The molecule has 0 bridgehead atoms. The highest BCUT2D eigenvalue weighted by Crippen LogP contribution is 2.35. The Labute approximate surface area is 165 Å². The summed E-state index contributed by atoms with van der Waals surface area (Å²) in [5.74, 6) is 1.96. The number of nitriles is 1. The molecule has 5 nitrogen and oxygen atoms in total. The largest absolute Gasteiger partial charge is 0.490 e. The zero-order valence-corrected chi connectivity index (χ0v) is 16.7. The molecule has 1 aromatic heterocycles. The molecular formula is C20H18IN3O2. The summed E-state index contributed by atoms with van der Waals surface area (Å²) in [6, 6.07) is 13.8. The van der Waals surface area contributed by atoms with Crippen LogP contribution >= 0.6 is 22.6 Å². The number of halogens is 1. The summed E-state index contributed by atoms with van der Waals surface area (Å²) >= 11 is 2.22. The predicted octanol–water partition coefficient (Wildman–Crippen LogP) is 5.03. The molecule has 0 atom stereocenters. The molecule has 0 radical (unpaired) electrons. The van der Waals surface area contributed by atoms with Gasteiger partial charge in [-0.25, -0.2) is 4.98 Å². The molecule has 0 aliphatic rings. The van der Waals surface area contributed by atoms with Crippen LogP contribution in [0.25, 0.3) is 22.7 Å². The molecule has 0 spiro atoms. The number of nitrogens with zero attached hydrogens (tertiary/aromatic N) is 2. The topological polar surface area (TPSA) is 70.9 Å². The summed E-state index contributed by atoms with van der Waals surface area (Å²) in [6.07, 6.45) is 1.80. The van der Waals surface area contributed by atoms with Gasteiger partial charge in [-0.15, -0.1) is 0 Å². The second kappa shape index (κ2) is 8.23. The lowest BCUT2D eigenvalue weighted by molar-refractivity contribution is 0.286. The van der Waals surface area contributed by atoms with Gasteiger partial charge in [0, 0.05) is 0 Å². The molecule has 3 aromatic rings. The number of hydrogen-bond acceptors (Lipinski definition) is 4. The van der Waals surface area contributed by atoms with Gasteiger partial charge >= 0.3 is 0 Å². The van der Waals surface area contributed by atoms with Crippen molar-refractivity contribution >= 4 is 45.3 Å².